The molecular weight excluding hydrogens is 434 g/mol. The summed E-state index contributed by atoms with van der Waals surface area (Å²) in [6.07, 6.45) is 5.66. The van der Waals surface area contributed by atoms with Crippen molar-refractivity contribution in [1.82, 2.24) is 15.5 Å². The third kappa shape index (κ3) is 7.86. The first-order chi connectivity index (χ1) is 16.3. The fourth-order valence-electron chi connectivity index (χ4n) is 3.86. The van der Waals surface area contributed by atoms with E-state index in [0.717, 1.165) is 0 Å². The van der Waals surface area contributed by atoms with E-state index in [9.17, 15) is 19.2 Å². The number of carbonyl (C=O) groups excluding carboxylic acids is 4. The fourth-order valence-corrected chi connectivity index (χ4v) is 3.86. The Labute approximate surface area is 201 Å². The minimum absolute atomic E-state index is 0.000695. The van der Waals surface area contributed by atoms with Gasteiger partial charge in [0.2, 0.25) is 11.8 Å². The molecule has 184 valence electrons. The molecule has 1 aliphatic heterocycles. The van der Waals surface area contributed by atoms with Gasteiger partial charge in [-0.2, -0.15) is 0 Å². The number of nitrogens with one attached hydrogen (secondary N) is 2. The fraction of sp³-hybridized carbons (Fsp3) is 0.462. The SMILES string of the molecule is C=CCCC(=O)N1CCC[C@H]1C(=O)N/C(=C/c1ccccc1)C(=O)N[C@@H](CC(C)C)C(=O)OC. The van der Waals surface area contributed by atoms with Gasteiger partial charge >= 0.3 is 5.97 Å². The first kappa shape index (κ1) is 26.8. The molecule has 0 radical (unpaired) electrons. The van der Waals surface area contributed by atoms with Crippen LogP contribution in [0.4, 0.5) is 0 Å². The summed E-state index contributed by atoms with van der Waals surface area (Å²) >= 11 is 0. The van der Waals surface area contributed by atoms with Gasteiger partial charge in [0.1, 0.15) is 17.8 Å². The molecule has 0 unspecified atom stereocenters. The maximum absolute atomic E-state index is 13.2. The molecule has 3 amide bonds. The molecular formula is C26H35N3O5. The highest BCUT2D eigenvalue weighted by Gasteiger charge is 2.35. The number of esters is 1. The third-order valence-corrected chi connectivity index (χ3v) is 5.55. The van der Waals surface area contributed by atoms with Gasteiger partial charge in [-0.15, -0.1) is 6.58 Å². The highest BCUT2D eigenvalue weighted by molar-refractivity contribution is 6.03. The van der Waals surface area contributed by atoms with Gasteiger partial charge in [-0.3, -0.25) is 14.4 Å². The lowest BCUT2D eigenvalue weighted by atomic mass is 10.0. The van der Waals surface area contributed by atoms with Crippen molar-refractivity contribution < 1.29 is 23.9 Å². The van der Waals surface area contributed by atoms with Gasteiger partial charge in [-0.25, -0.2) is 4.79 Å². The molecule has 2 atom stereocenters. The predicted octanol–water partition coefficient (Wildman–Crippen LogP) is 2.80. The molecule has 2 rings (SSSR count). The highest BCUT2D eigenvalue weighted by atomic mass is 16.5. The van der Waals surface area contributed by atoms with Crippen molar-refractivity contribution in [2.75, 3.05) is 13.7 Å². The first-order valence-electron chi connectivity index (χ1n) is 11.6. The van der Waals surface area contributed by atoms with E-state index < -0.39 is 29.9 Å². The molecule has 1 fully saturated rings. The molecule has 0 aromatic heterocycles. The number of methoxy groups -OCH3 is 1. The number of ether oxygens (including phenoxy) is 1. The van der Waals surface area contributed by atoms with Crippen molar-refractivity contribution in [3.8, 4) is 0 Å². The van der Waals surface area contributed by atoms with Crippen molar-refractivity contribution in [1.29, 1.82) is 0 Å². The van der Waals surface area contributed by atoms with Gasteiger partial charge < -0.3 is 20.3 Å². The van der Waals surface area contributed by atoms with Crippen LogP contribution in [0.1, 0.15) is 51.5 Å². The molecule has 8 heteroatoms. The summed E-state index contributed by atoms with van der Waals surface area (Å²) in [6.45, 7) is 8.00. The van der Waals surface area contributed by atoms with E-state index in [0.29, 0.717) is 37.8 Å². The van der Waals surface area contributed by atoms with Crippen molar-refractivity contribution in [3.05, 3.63) is 54.2 Å². The molecule has 0 spiro atoms. The molecule has 1 aliphatic rings. The van der Waals surface area contributed by atoms with E-state index in [1.165, 1.54) is 7.11 Å². The number of likely N-dealkylation sites (tertiary alicyclic amines) is 1. The van der Waals surface area contributed by atoms with Crippen molar-refractivity contribution in [3.63, 3.8) is 0 Å². The lowest BCUT2D eigenvalue weighted by Gasteiger charge is -2.25. The van der Waals surface area contributed by atoms with Crippen LogP contribution in [0.15, 0.2) is 48.7 Å². The minimum Gasteiger partial charge on any atom is -0.467 e. The van der Waals surface area contributed by atoms with Crippen molar-refractivity contribution in [2.45, 2.75) is 58.0 Å². The zero-order chi connectivity index (χ0) is 25.1. The maximum Gasteiger partial charge on any atom is 0.328 e. The lowest BCUT2D eigenvalue weighted by molar-refractivity contribution is -0.145. The van der Waals surface area contributed by atoms with E-state index in [1.54, 1.807) is 29.2 Å². The number of nitrogens with zero attached hydrogens (tertiary/aromatic N) is 1. The van der Waals surface area contributed by atoms with Gasteiger partial charge in [-0.05, 0) is 43.2 Å². The average Bonchev–Trinajstić information content (AvgIpc) is 3.31. The Kier molecular flexibility index (Phi) is 10.5. The van der Waals surface area contributed by atoms with Gasteiger partial charge in [-0.1, -0.05) is 50.3 Å². The number of carbonyl (C=O) groups is 4. The molecule has 8 nitrogen and oxygen atoms in total. The topological polar surface area (TPSA) is 105 Å². The largest absolute Gasteiger partial charge is 0.467 e. The molecule has 1 saturated heterocycles. The zero-order valence-electron chi connectivity index (χ0n) is 20.2. The second kappa shape index (κ2) is 13.3. The molecule has 0 saturated carbocycles. The van der Waals surface area contributed by atoms with Crippen LogP contribution < -0.4 is 10.6 Å². The third-order valence-electron chi connectivity index (χ3n) is 5.55. The first-order valence-corrected chi connectivity index (χ1v) is 11.6. The Morgan fingerprint density at radius 3 is 2.53 bits per heavy atom. The van der Waals surface area contributed by atoms with E-state index in [-0.39, 0.29) is 23.9 Å². The van der Waals surface area contributed by atoms with Crippen LogP contribution in [-0.2, 0) is 23.9 Å². The van der Waals surface area contributed by atoms with Crippen LogP contribution >= 0.6 is 0 Å². The van der Waals surface area contributed by atoms with Crippen LogP contribution in [-0.4, -0.2) is 54.3 Å². The number of hydrogen-bond acceptors (Lipinski definition) is 5. The number of allylic oxidation sites excluding steroid dienone is 1. The molecule has 1 aromatic rings. The summed E-state index contributed by atoms with van der Waals surface area (Å²) in [5.74, 6) is -1.56. The summed E-state index contributed by atoms with van der Waals surface area (Å²) < 4.78 is 4.84. The van der Waals surface area contributed by atoms with E-state index >= 15 is 0 Å². The Morgan fingerprint density at radius 1 is 1.21 bits per heavy atom. The van der Waals surface area contributed by atoms with Gasteiger partial charge in [0.05, 0.1) is 7.11 Å². The quantitative estimate of drug-likeness (QED) is 0.295. The minimum atomic E-state index is -0.850. The van der Waals surface area contributed by atoms with E-state index in [4.69, 9.17) is 4.74 Å². The summed E-state index contributed by atoms with van der Waals surface area (Å²) in [5, 5.41) is 5.40. The van der Waals surface area contributed by atoms with E-state index in [1.807, 2.05) is 32.0 Å². The average molecular weight is 470 g/mol. The van der Waals surface area contributed by atoms with Crippen LogP contribution in [0.25, 0.3) is 6.08 Å². The highest BCUT2D eigenvalue weighted by Crippen LogP contribution is 2.20. The van der Waals surface area contributed by atoms with Gasteiger partial charge in [0, 0.05) is 13.0 Å². The smallest absolute Gasteiger partial charge is 0.328 e. The summed E-state index contributed by atoms with van der Waals surface area (Å²) in [5.41, 5.74) is 0.705. The maximum atomic E-state index is 13.2. The second-order valence-corrected chi connectivity index (χ2v) is 8.71. The molecule has 0 bridgehead atoms. The standard InChI is InChI=1S/C26H35N3O5/c1-5-6-14-23(30)29-15-10-13-22(29)25(32)27-20(17-19-11-8-7-9-12-19)24(31)28-21(16-18(2)3)26(33)34-4/h5,7-9,11-12,17-18,21-22H,1,6,10,13-16H2,2-4H3,(H,27,32)(H,28,31)/b20-17+/t21-,22-/m0/s1. The number of rotatable bonds is 11. The summed E-state index contributed by atoms with van der Waals surface area (Å²) in [7, 11) is 1.27. The van der Waals surface area contributed by atoms with Crippen molar-refractivity contribution >= 4 is 29.8 Å². The molecule has 0 aliphatic carbocycles. The second-order valence-electron chi connectivity index (χ2n) is 8.71. The molecule has 1 aromatic carbocycles. The van der Waals surface area contributed by atoms with Crippen LogP contribution in [0, 0.1) is 5.92 Å². The Balaban J connectivity index is 2.25. The van der Waals surface area contributed by atoms with E-state index in [2.05, 4.69) is 17.2 Å². The number of benzene rings is 1. The summed E-state index contributed by atoms with van der Waals surface area (Å²) in [6, 6.07) is 7.56. The summed E-state index contributed by atoms with van der Waals surface area (Å²) in [4.78, 5) is 52.6. The Morgan fingerprint density at radius 2 is 1.91 bits per heavy atom. The molecule has 34 heavy (non-hydrogen) atoms. The zero-order valence-corrected chi connectivity index (χ0v) is 20.2. The monoisotopic (exact) mass is 469 g/mol. The molecule has 1 heterocycles. The number of hydrogen-bond donors (Lipinski definition) is 2. The van der Waals surface area contributed by atoms with Gasteiger partial charge in [0.15, 0.2) is 0 Å². The molecule has 2 N–H and O–H groups in total. The predicted molar refractivity (Wildman–Crippen MR) is 130 cm³/mol. The lowest BCUT2D eigenvalue weighted by Crippen LogP contribution is -2.49. The van der Waals surface area contributed by atoms with Crippen molar-refractivity contribution in [2.24, 2.45) is 5.92 Å². The van der Waals surface area contributed by atoms with Crippen LogP contribution in [0.2, 0.25) is 0 Å². The van der Waals surface area contributed by atoms with Crippen LogP contribution in [0.3, 0.4) is 0 Å². The van der Waals surface area contributed by atoms with Gasteiger partial charge in [0.25, 0.3) is 5.91 Å². The number of amides is 3. The Bertz CT molecular complexity index is 910. The Hall–Kier alpha value is -3.42. The van der Waals surface area contributed by atoms with Crippen LogP contribution in [0.5, 0.6) is 0 Å². The normalized spacial score (nSPS) is 16.6.